The second-order valence-corrected chi connectivity index (χ2v) is 8.44. The highest BCUT2D eigenvalue weighted by Gasteiger charge is 2.50. The SMILES string of the molecule is COC(=O)CCNC(=O)[C@@H]1OP(=O)(Oc2ccccc2C(=O)OC)OCC1(C)C. The molecule has 10 nitrogen and oxygen atoms in total. The monoisotopic (exact) mass is 429 g/mol. The first-order valence-corrected chi connectivity index (χ1v) is 10.2. The lowest BCUT2D eigenvalue weighted by atomic mass is 9.87. The van der Waals surface area contributed by atoms with Gasteiger partial charge in [-0.05, 0) is 12.1 Å². The Morgan fingerprint density at radius 3 is 2.55 bits per heavy atom. The summed E-state index contributed by atoms with van der Waals surface area (Å²) in [7, 11) is -1.77. The fraction of sp³-hybridized carbons (Fsp3) is 0.500. The van der Waals surface area contributed by atoms with Crippen LogP contribution in [-0.2, 0) is 32.7 Å². The minimum Gasteiger partial charge on any atom is -0.469 e. The highest BCUT2D eigenvalue weighted by molar-refractivity contribution is 7.49. The minimum atomic E-state index is -4.22. The lowest BCUT2D eigenvalue weighted by Gasteiger charge is -2.39. The van der Waals surface area contributed by atoms with Crippen molar-refractivity contribution >= 4 is 25.7 Å². The van der Waals surface area contributed by atoms with E-state index < -0.39 is 37.2 Å². The summed E-state index contributed by atoms with van der Waals surface area (Å²) in [5.74, 6) is -1.81. The van der Waals surface area contributed by atoms with Crippen LogP contribution in [0.3, 0.4) is 0 Å². The van der Waals surface area contributed by atoms with Gasteiger partial charge in [0, 0.05) is 12.0 Å². The van der Waals surface area contributed by atoms with Gasteiger partial charge in [-0.15, -0.1) is 0 Å². The van der Waals surface area contributed by atoms with Gasteiger partial charge in [0.05, 0.1) is 27.2 Å². The number of benzene rings is 1. The average Bonchev–Trinajstić information content (AvgIpc) is 2.69. The number of phosphoric ester groups is 1. The Balaban J connectivity index is 2.15. The first kappa shape index (κ1) is 22.9. The smallest absolute Gasteiger partial charge is 0.469 e. The maximum Gasteiger partial charge on any atom is 0.530 e. The maximum absolute atomic E-state index is 13.0. The molecule has 0 spiro atoms. The molecule has 1 N–H and O–H groups in total. The Bertz CT molecular complexity index is 823. The Morgan fingerprint density at radius 2 is 1.90 bits per heavy atom. The van der Waals surface area contributed by atoms with Gasteiger partial charge >= 0.3 is 19.8 Å². The van der Waals surface area contributed by atoms with E-state index in [0.717, 1.165) is 0 Å². The van der Waals surface area contributed by atoms with E-state index in [-0.39, 0.29) is 30.9 Å². The molecule has 1 unspecified atom stereocenters. The van der Waals surface area contributed by atoms with Crippen LogP contribution in [0, 0.1) is 5.41 Å². The van der Waals surface area contributed by atoms with Crippen LogP contribution in [-0.4, -0.2) is 51.3 Å². The fourth-order valence-electron chi connectivity index (χ4n) is 2.50. The molecule has 160 valence electrons. The number of hydrogen-bond donors (Lipinski definition) is 1. The van der Waals surface area contributed by atoms with Gasteiger partial charge in [-0.2, -0.15) is 0 Å². The van der Waals surface area contributed by atoms with Gasteiger partial charge in [0.25, 0.3) is 5.91 Å². The normalized spacial score (nSPS) is 23.0. The van der Waals surface area contributed by atoms with Crippen molar-refractivity contribution in [3.8, 4) is 5.75 Å². The number of nitrogens with one attached hydrogen (secondary N) is 1. The van der Waals surface area contributed by atoms with Gasteiger partial charge in [-0.1, -0.05) is 26.0 Å². The van der Waals surface area contributed by atoms with Gasteiger partial charge in [0.1, 0.15) is 11.3 Å². The fourth-order valence-corrected chi connectivity index (χ4v) is 4.19. The Hall–Kier alpha value is -2.42. The van der Waals surface area contributed by atoms with Gasteiger partial charge in [0.15, 0.2) is 6.10 Å². The molecule has 1 saturated heterocycles. The van der Waals surface area contributed by atoms with E-state index in [1.54, 1.807) is 26.0 Å². The second kappa shape index (κ2) is 9.39. The van der Waals surface area contributed by atoms with Gasteiger partial charge in [-0.3, -0.25) is 18.6 Å². The van der Waals surface area contributed by atoms with Crippen LogP contribution in [0.5, 0.6) is 5.75 Å². The molecule has 2 atom stereocenters. The molecule has 1 aliphatic rings. The molecule has 0 aliphatic carbocycles. The minimum absolute atomic E-state index is 0.0213. The molecule has 0 radical (unpaired) electrons. The van der Waals surface area contributed by atoms with Crippen molar-refractivity contribution in [3.05, 3.63) is 29.8 Å². The largest absolute Gasteiger partial charge is 0.530 e. The summed E-state index contributed by atoms with van der Waals surface area (Å²) in [6, 6.07) is 5.99. The van der Waals surface area contributed by atoms with E-state index in [4.69, 9.17) is 13.6 Å². The van der Waals surface area contributed by atoms with Crippen LogP contribution < -0.4 is 9.84 Å². The van der Waals surface area contributed by atoms with Crippen LogP contribution in [0.25, 0.3) is 0 Å². The molecule has 1 aromatic rings. The van der Waals surface area contributed by atoms with Gasteiger partial charge < -0.3 is 19.3 Å². The van der Waals surface area contributed by atoms with Crippen molar-refractivity contribution in [3.63, 3.8) is 0 Å². The molecule has 1 fully saturated rings. The topological polar surface area (TPSA) is 126 Å². The molecular formula is C18H24NO9P. The highest BCUT2D eigenvalue weighted by atomic mass is 31.2. The van der Waals surface area contributed by atoms with Gasteiger partial charge in [0.2, 0.25) is 0 Å². The third-order valence-corrected chi connectivity index (χ3v) is 5.47. The molecule has 1 aliphatic heterocycles. The summed E-state index contributed by atoms with van der Waals surface area (Å²) >= 11 is 0. The molecule has 0 aromatic heterocycles. The lowest BCUT2D eigenvalue weighted by Crippen LogP contribution is -2.50. The van der Waals surface area contributed by atoms with Crippen molar-refractivity contribution in [1.29, 1.82) is 0 Å². The molecule has 1 aromatic carbocycles. The van der Waals surface area contributed by atoms with E-state index in [2.05, 4.69) is 14.8 Å². The summed E-state index contributed by atoms with van der Waals surface area (Å²) in [6.07, 6.45) is -1.20. The third-order valence-electron chi connectivity index (χ3n) is 4.14. The van der Waals surface area contributed by atoms with E-state index in [9.17, 15) is 18.9 Å². The summed E-state index contributed by atoms with van der Waals surface area (Å²) in [5.41, 5.74) is -0.796. The zero-order valence-corrected chi connectivity index (χ0v) is 17.5. The van der Waals surface area contributed by atoms with Crippen LogP contribution in [0.15, 0.2) is 24.3 Å². The predicted octanol–water partition coefficient (Wildman–Crippen LogP) is 2.08. The van der Waals surface area contributed by atoms with E-state index in [1.807, 2.05) is 0 Å². The zero-order valence-electron chi connectivity index (χ0n) is 16.6. The van der Waals surface area contributed by atoms with Crippen LogP contribution in [0.4, 0.5) is 0 Å². The molecule has 1 heterocycles. The number of ether oxygens (including phenoxy) is 2. The number of phosphoric acid groups is 1. The van der Waals surface area contributed by atoms with Crippen LogP contribution in [0.1, 0.15) is 30.6 Å². The predicted molar refractivity (Wildman–Crippen MR) is 100 cm³/mol. The number of methoxy groups -OCH3 is 2. The van der Waals surface area contributed by atoms with Crippen molar-refractivity contribution < 1.29 is 42.0 Å². The summed E-state index contributed by atoms with van der Waals surface area (Å²) < 4.78 is 38.3. The standard InChI is InChI=1S/C18H24NO9P/c1-18(2)11-26-29(23,27-13-8-6-5-7-12(13)17(22)25-4)28-15(18)16(21)19-10-9-14(20)24-3/h5-8,15H,9-11H2,1-4H3,(H,19,21)/t15-,29?/m0/s1. The first-order chi connectivity index (χ1) is 13.6. The summed E-state index contributed by atoms with van der Waals surface area (Å²) in [4.78, 5) is 35.6. The number of carbonyl (C=O) groups is 3. The van der Waals surface area contributed by atoms with Crippen LogP contribution >= 0.6 is 7.82 Å². The molecular weight excluding hydrogens is 405 g/mol. The number of rotatable bonds is 7. The van der Waals surface area contributed by atoms with Crippen molar-refractivity contribution in [2.45, 2.75) is 26.4 Å². The lowest BCUT2D eigenvalue weighted by molar-refractivity contribution is -0.142. The molecule has 0 saturated carbocycles. The maximum atomic E-state index is 13.0. The Kier molecular flexibility index (Phi) is 7.40. The van der Waals surface area contributed by atoms with E-state index in [0.29, 0.717) is 0 Å². The average molecular weight is 429 g/mol. The van der Waals surface area contributed by atoms with Crippen molar-refractivity contribution in [2.75, 3.05) is 27.4 Å². The molecule has 29 heavy (non-hydrogen) atoms. The number of esters is 2. The molecule has 1 amide bonds. The number of amides is 1. The molecule has 2 rings (SSSR count). The number of hydrogen-bond acceptors (Lipinski definition) is 9. The highest BCUT2D eigenvalue weighted by Crippen LogP contribution is 2.57. The van der Waals surface area contributed by atoms with E-state index >= 15 is 0 Å². The molecule has 0 bridgehead atoms. The number of carbonyl (C=O) groups excluding carboxylic acids is 3. The Morgan fingerprint density at radius 1 is 1.21 bits per heavy atom. The number of para-hydroxylation sites is 1. The third kappa shape index (κ3) is 5.79. The quantitative estimate of drug-likeness (QED) is 0.512. The molecule has 11 heteroatoms. The van der Waals surface area contributed by atoms with Crippen molar-refractivity contribution in [2.24, 2.45) is 5.41 Å². The first-order valence-electron chi connectivity index (χ1n) is 8.76. The van der Waals surface area contributed by atoms with E-state index in [1.165, 1.54) is 26.4 Å². The van der Waals surface area contributed by atoms with Crippen LogP contribution in [0.2, 0.25) is 0 Å². The summed E-state index contributed by atoms with van der Waals surface area (Å²) in [6.45, 7) is 3.32. The summed E-state index contributed by atoms with van der Waals surface area (Å²) in [5, 5.41) is 2.54. The van der Waals surface area contributed by atoms with Gasteiger partial charge in [-0.25, -0.2) is 9.36 Å². The Labute approximate surface area is 168 Å². The zero-order chi connectivity index (χ0) is 21.7. The second-order valence-electron chi connectivity index (χ2n) is 6.89. The van der Waals surface area contributed by atoms with Crippen molar-refractivity contribution in [1.82, 2.24) is 5.32 Å².